The highest BCUT2D eigenvalue weighted by molar-refractivity contribution is 5.87. The minimum Gasteiger partial charge on any atom is -0.492 e. The van der Waals surface area contributed by atoms with Gasteiger partial charge in [0.25, 0.3) is 5.69 Å². The first-order chi connectivity index (χ1) is 9.23. The molecular weight excluding hydrogens is 264 g/mol. The molecule has 1 rings (SSSR count). The van der Waals surface area contributed by atoms with E-state index in [1.54, 1.807) is 27.7 Å². The molecule has 0 atom stereocenters. The summed E-state index contributed by atoms with van der Waals surface area (Å²) in [4.78, 5) is 21.9. The zero-order valence-corrected chi connectivity index (χ0v) is 11.9. The van der Waals surface area contributed by atoms with Crippen molar-refractivity contribution in [1.29, 1.82) is 0 Å². The topological polar surface area (TPSA) is 90.7 Å². The van der Waals surface area contributed by atoms with Crippen LogP contribution in [0.4, 0.5) is 16.2 Å². The van der Waals surface area contributed by atoms with E-state index in [0.29, 0.717) is 12.4 Å². The van der Waals surface area contributed by atoms with Gasteiger partial charge in [-0.1, -0.05) is 0 Å². The van der Waals surface area contributed by atoms with Crippen LogP contribution in [-0.4, -0.2) is 23.2 Å². The van der Waals surface area contributed by atoms with E-state index in [1.165, 1.54) is 18.2 Å². The molecule has 1 N–H and O–H groups in total. The molecule has 0 aromatic heterocycles. The molecule has 0 unspecified atom stereocenters. The quantitative estimate of drug-likeness (QED) is 0.675. The number of hydrogen-bond acceptors (Lipinski definition) is 5. The fourth-order valence-electron chi connectivity index (χ4n) is 1.42. The van der Waals surface area contributed by atoms with Crippen LogP contribution in [0.15, 0.2) is 18.2 Å². The van der Waals surface area contributed by atoms with E-state index in [4.69, 9.17) is 9.47 Å². The number of nitrogens with one attached hydrogen (secondary N) is 1. The molecule has 0 radical (unpaired) electrons. The Hall–Kier alpha value is -2.31. The zero-order chi connectivity index (χ0) is 15.3. The first-order valence-corrected chi connectivity index (χ1v) is 6.14. The van der Waals surface area contributed by atoms with E-state index in [2.05, 4.69) is 5.32 Å². The van der Waals surface area contributed by atoms with Gasteiger partial charge in [0.15, 0.2) is 0 Å². The Morgan fingerprint density at radius 2 is 2.05 bits per heavy atom. The second kappa shape index (κ2) is 6.23. The Balaban J connectivity index is 2.98. The molecule has 1 aromatic carbocycles. The number of nitrogens with zero attached hydrogens (tertiary/aromatic N) is 1. The van der Waals surface area contributed by atoms with Crippen molar-refractivity contribution in [2.75, 3.05) is 11.9 Å². The van der Waals surface area contributed by atoms with Crippen LogP contribution in [0.3, 0.4) is 0 Å². The number of nitro groups is 1. The average Bonchev–Trinajstić information content (AvgIpc) is 2.28. The van der Waals surface area contributed by atoms with Crippen molar-refractivity contribution in [3.63, 3.8) is 0 Å². The van der Waals surface area contributed by atoms with Gasteiger partial charge in [-0.15, -0.1) is 0 Å². The van der Waals surface area contributed by atoms with Crippen LogP contribution in [-0.2, 0) is 4.74 Å². The Bertz CT molecular complexity index is 508. The number of benzene rings is 1. The molecule has 0 fully saturated rings. The third-order valence-corrected chi connectivity index (χ3v) is 2.11. The van der Waals surface area contributed by atoms with Gasteiger partial charge >= 0.3 is 6.09 Å². The van der Waals surface area contributed by atoms with Gasteiger partial charge in [-0.2, -0.15) is 0 Å². The van der Waals surface area contributed by atoms with Crippen molar-refractivity contribution in [3.8, 4) is 5.75 Å². The van der Waals surface area contributed by atoms with E-state index in [1.807, 2.05) is 0 Å². The Morgan fingerprint density at radius 3 is 2.55 bits per heavy atom. The number of carbonyl (C=O) groups is 1. The Kier molecular flexibility index (Phi) is 4.90. The first kappa shape index (κ1) is 15.7. The van der Waals surface area contributed by atoms with Gasteiger partial charge in [-0.3, -0.25) is 15.4 Å². The first-order valence-electron chi connectivity index (χ1n) is 6.14. The predicted octanol–water partition coefficient (Wildman–Crippen LogP) is 3.34. The van der Waals surface area contributed by atoms with Gasteiger partial charge in [0.05, 0.1) is 17.2 Å². The maximum Gasteiger partial charge on any atom is 0.412 e. The summed E-state index contributed by atoms with van der Waals surface area (Å²) in [5, 5.41) is 13.2. The third kappa shape index (κ3) is 4.75. The molecule has 0 bridgehead atoms. The number of ether oxygens (including phenoxy) is 2. The van der Waals surface area contributed by atoms with Crippen molar-refractivity contribution in [2.45, 2.75) is 33.3 Å². The lowest BCUT2D eigenvalue weighted by Crippen LogP contribution is -2.27. The standard InChI is InChI=1S/C13H18N2O5/c1-5-19-11-7-6-9(15(17)18)8-10(11)14-12(16)20-13(2,3)4/h6-8H,5H2,1-4H3,(H,14,16). The van der Waals surface area contributed by atoms with Crippen LogP contribution in [0.2, 0.25) is 0 Å². The van der Waals surface area contributed by atoms with Crippen LogP contribution in [0, 0.1) is 10.1 Å². The molecule has 0 spiro atoms. The number of rotatable bonds is 4. The summed E-state index contributed by atoms with van der Waals surface area (Å²) in [6.07, 6.45) is -0.695. The number of carbonyl (C=O) groups excluding carboxylic acids is 1. The molecule has 20 heavy (non-hydrogen) atoms. The van der Waals surface area contributed by atoms with Crippen LogP contribution in [0.5, 0.6) is 5.75 Å². The molecule has 0 aliphatic carbocycles. The summed E-state index contributed by atoms with van der Waals surface area (Å²) in [7, 11) is 0. The molecule has 7 nitrogen and oxygen atoms in total. The number of non-ortho nitro benzene ring substituents is 1. The number of hydrogen-bond donors (Lipinski definition) is 1. The van der Waals surface area contributed by atoms with Crippen LogP contribution >= 0.6 is 0 Å². The van der Waals surface area contributed by atoms with Crippen molar-refractivity contribution < 1.29 is 19.2 Å². The molecule has 0 saturated heterocycles. The predicted molar refractivity (Wildman–Crippen MR) is 74.1 cm³/mol. The van der Waals surface area contributed by atoms with Crippen molar-refractivity contribution in [1.82, 2.24) is 0 Å². The highest BCUT2D eigenvalue weighted by Crippen LogP contribution is 2.29. The van der Waals surface area contributed by atoms with Gasteiger partial charge in [-0.05, 0) is 33.8 Å². The van der Waals surface area contributed by atoms with Crippen LogP contribution < -0.4 is 10.1 Å². The Morgan fingerprint density at radius 1 is 1.40 bits per heavy atom. The van der Waals surface area contributed by atoms with E-state index < -0.39 is 16.6 Å². The minimum atomic E-state index is -0.695. The molecule has 0 aliphatic heterocycles. The van der Waals surface area contributed by atoms with E-state index in [0.717, 1.165) is 0 Å². The molecular formula is C13H18N2O5. The lowest BCUT2D eigenvalue weighted by atomic mass is 10.2. The number of nitro benzene ring substituents is 1. The number of anilines is 1. The second-order valence-corrected chi connectivity index (χ2v) is 5.00. The summed E-state index contributed by atoms with van der Waals surface area (Å²) >= 11 is 0. The molecule has 0 aliphatic rings. The largest absolute Gasteiger partial charge is 0.492 e. The van der Waals surface area contributed by atoms with Gasteiger partial charge in [0, 0.05) is 12.1 Å². The molecule has 1 amide bonds. The van der Waals surface area contributed by atoms with Gasteiger partial charge in [-0.25, -0.2) is 4.79 Å². The van der Waals surface area contributed by atoms with Gasteiger partial charge in [0.1, 0.15) is 11.4 Å². The molecule has 7 heteroatoms. The van der Waals surface area contributed by atoms with Crippen LogP contribution in [0.1, 0.15) is 27.7 Å². The lowest BCUT2D eigenvalue weighted by Gasteiger charge is -2.20. The summed E-state index contributed by atoms with van der Waals surface area (Å²) in [5.74, 6) is 0.351. The Labute approximate surface area is 117 Å². The summed E-state index contributed by atoms with van der Waals surface area (Å²) in [6, 6.07) is 3.98. The molecule has 110 valence electrons. The third-order valence-electron chi connectivity index (χ3n) is 2.11. The fourth-order valence-corrected chi connectivity index (χ4v) is 1.42. The monoisotopic (exact) mass is 282 g/mol. The smallest absolute Gasteiger partial charge is 0.412 e. The van der Waals surface area contributed by atoms with E-state index >= 15 is 0 Å². The highest BCUT2D eigenvalue weighted by Gasteiger charge is 2.19. The molecule has 0 heterocycles. The normalized spacial score (nSPS) is 10.8. The maximum absolute atomic E-state index is 11.7. The highest BCUT2D eigenvalue weighted by atomic mass is 16.6. The lowest BCUT2D eigenvalue weighted by molar-refractivity contribution is -0.384. The van der Waals surface area contributed by atoms with Gasteiger partial charge in [0.2, 0.25) is 0 Å². The van der Waals surface area contributed by atoms with Crippen molar-refractivity contribution in [2.24, 2.45) is 0 Å². The molecule has 1 aromatic rings. The zero-order valence-electron chi connectivity index (χ0n) is 11.9. The van der Waals surface area contributed by atoms with Crippen molar-refractivity contribution in [3.05, 3.63) is 28.3 Å². The average molecular weight is 282 g/mol. The summed E-state index contributed by atoms with van der Waals surface area (Å²) in [5.41, 5.74) is -0.592. The molecule has 0 saturated carbocycles. The van der Waals surface area contributed by atoms with Crippen molar-refractivity contribution >= 4 is 17.5 Å². The fraction of sp³-hybridized carbons (Fsp3) is 0.462. The van der Waals surface area contributed by atoms with Gasteiger partial charge < -0.3 is 9.47 Å². The van der Waals surface area contributed by atoms with E-state index in [-0.39, 0.29) is 11.4 Å². The maximum atomic E-state index is 11.7. The minimum absolute atomic E-state index is 0.139. The van der Waals surface area contributed by atoms with E-state index in [9.17, 15) is 14.9 Å². The SMILES string of the molecule is CCOc1ccc([N+](=O)[O-])cc1NC(=O)OC(C)(C)C. The number of amides is 1. The summed E-state index contributed by atoms with van der Waals surface area (Å²) in [6.45, 7) is 7.33. The van der Waals surface area contributed by atoms with Crippen LogP contribution in [0.25, 0.3) is 0 Å². The summed E-state index contributed by atoms with van der Waals surface area (Å²) < 4.78 is 10.4. The second-order valence-electron chi connectivity index (χ2n) is 5.00.